The SMILES string of the molecule is NC(N)=NCCC[C@@H](CC(=O)N(Cc1ccccc1)NC(=O)[C@@H]1CCCN1C(=O)[C@H](CO)NC(=O)[C@@H](CC(=O)CNC(=O)[C@@H]1CCCN1C(=O)N1CCCN1C(=O)[C@@H](N)CCCN=C(N)N)Cc1ccccc1)C(=O)O. The van der Waals surface area contributed by atoms with Crippen molar-refractivity contribution in [3.8, 4) is 0 Å². The quantitative estimate of drug-likeness (QED) is 0.0211. The van der Waals surface area contributed by atoms with Crippen molar-refractivity contribution in [1.82, 2.24) is 40.9 Å². The lowest BCUT2D eigenvalue weighted by Gasteiger charge is -2.34. The molecule has 5 rings (SSSR count). The number of hydrogen-bond acceptors (Lipinski definition) is 13. The fourth-order valence-corrected chi connectivity index (χ4v) is 9.42. The molecule has 0 spiro atoms. The molecule has 15 N–H and O–H groups in total. The second kappa shape index (κ2) is 29.3. The van der Waals surface area contributed by atoms with Crippen LogP contribution >= 0.6 is 0 Å². The third-order valence-electron chi connectivity index (χ3n) is 13.4. The highest BCUT2D eigenvalue weighted by Crippen LogP contribution is 2.25. The standard InChI is InChI=1S/C50H73N15O11/c51-37(17-8-21-57-49(54)55)45(72)64-24-11-25-65(64)50(76)62-23-10-18-39(62)43(70)58-29-36(67)27-35(26-32-12-3-1-4-13-32)42(69)59-38(31-66)46(73)61-22-9-19-40(61)44(71)60-63(30-33-14-5-2-6-15-33)41(68)28-34(47(74)75)16-7-20-56-48(52)53/h1-6,12-15,34-35,37-40,66H,7-11,16-31,51H2,(H,58,70)(H,59,69)(H,60,71)(H,74,75)(H4,52,53,56)(H4,54,55,57)/t34-,35+,37-,38-,39-,40-/m0/s1. The van der Waals surface area contributed by atoms with Gasteiger partial charge in [-0.25, -0.2) is 19.8 Å². The molecule has 2 aromatic rings. The van der Waals surface area contributed by atoms with Crippen molar-refractivity contribution in [3.05, 3.63) is 71.8 Å². The number of ketones is 1. The van der Waals surface area contributed by atoms with Gasteiger partial charge in [-0.15, -0.1) is 0 Å². The molecule has 76 heavy (non-hydrogen) atoms. The molecule has 0 saturated carbocycles. The predicted molar refractivity (Wildman–Crippen MR) is 277 cm³/mol. The number of urea groups is 1. The Hall–Kier alpha value is -7.87. The van der Waals surface area contributed by atoms with Crippen LogP contribution in [0, 0.1) is 11.8 Å². The fourth-order valence-electron chi connectivity index (χ4n) is 9.42. The van der Waals surface area contributed by atoms with Gasteiger partial charge in [0, 0.05) is 58.0 Å². The van der Waals surface area contributed by atoms with E-state index in [1.807, 2.05) is 0 Å². The van der Waals surface area contributed by atoms with E-state index in [1.165, 1.54) is 19.8 Å². The first-order valence-corrected chi connectivity index (χ1v) is 25.6. The van der Waals surface area contributed by atoms with E-state index in [0.29, 0.717) is 43.2 Å². The summed E-state index contributed by atoms with van der Waals surface area (Å²) in [6, 6.07) is 12.3. The molecule has 414 valence electrons. The van der Waals surface area contributed by atoms with Crippen molar-refractivity contribution < 1.29 is 53.4 Å². The van der Waals surface area contributed by atoms with Crippen LogP contribution in [-0.2, 0) is 51.3 Å². The Morgan fingerprint density at radius 2 is 1.26 bits per heavy atom. The summed E-state index contributed by atoms with van der Waals surface area (Å²) in [6.07, 6.45) is 2.04. The van der Waals surface area contributed by atoms with Crippen LogP contribution < -0.4 is 44.7 Å². The zero-order valence-corrected chi connectivity index (χ0v) is 42.7. The molecule has 0 aromatic heterocycles. The van der Waals surface area contributed by atoms with Crippen LogP contribution in [-0.4, -0.2) is 177 Å². The molecule has 2 aromatic carbocycles. The molecular weight excluding hydrogens is 987 g/mol. The minimum absolute atomic E-state index is 0.0353. The van der Waals surface area contributed by atoms with Crippen LogP contribution in [0.15, 0.2) is 70.6 Å². The molecule has 3 fully saturated rings. The Bertz CT molecular complexity index is 2400. The maximum Gasteiger partial charge on any atom is 0.339 e. The van der Waals surface area contributed by atoms with E-state index in [9.17, 15) is 53.4 Å². The number of likely N-dealkylation sites (tertiary alicyclic amines) is 2. The van der Waals surface area contributed by atoms with Crippen LogP contribution in [0.3, 0.4) is 0 Å². The summed E-state index contributed by atoms with van der Waals surface area (Å²) in [4.78, 5) is 133. The van der Waals surface area contributed by atoms with Gasteiger partial charge in [0.2, 0.25) is 23.6 Å². The molecule has 3 saturated heterocycles. The number of carboxylic acid groups (broad SMARTS) is 1. The van der Waals surface area contributed by atoms with Crippen molar-refractivity contribution in [2.45, 2.75) is 108 Å². The number of carboxylic acids is 1. The number of benzene rings is 2. The number of nitrogens with two attached hydrogens (primary N) is 5. The lowest BCUT2D eigenvalue weighted by atomic mass is 9.93. The van der Waals surface area contributed by atoms with Gasteiger partial charge in [-0.1, -0.05) is 60.7 Å². The number of nitrogens with one attached hydrogen (secondary N) is 3. The molecule has 3 heterocycles. The molecule has 8 amide bonds. The number of hydrogen-bond donors (Lipinski definition) is 10. The Balaban J connectivity index is 1.21. The van der Waals surface area contributed by atoms with Gasteiger partial charge in [0.25, 0.3) is 11.8 Å². The highest BCUT2D eigenvalue weighted by Gasteiger charge is 2.42. The topological polar surface area (TPSA) is 401 Å². The number of aliphatic hydroxyl groups is 1. The Labute approximate surface area is 440 Å². The summed E-state index contributed by atoms with van der Waals surface area (Å²) in [5, 5.41) is 29.3. The number of guanidine groups is 2. The number of hydrazine groups is 2. The van der Waals surface area contributed by atoms with E-state index in [-0.39, 0.29) is 89.8 Å². The number of aliphatic hydroxyl groups excluding tert-OH is 1. The molecule has 26 heteroatoms. The van der Waals surface area contributed by atoms with Crippen LogP contribution in [0.5, 0.6) is 0 Å². The molecule has 0 unspecified atom stereocenters. The number of rotatable bonds is 26. The number of aliphatic imine (C=N–C) groups is 2. The van der Waals surface area contributed by atoms with E-state index in [2.05, 4.69) is 26.0 Å². The average Bonchev–Trinajstić information content (AvgIpc) is 4.22. The molecular formula is C50H73N15O11. The molecule has 3 aliphatic rings. The summed E-state index contributed by atoms with van der Waals surface area (Å²) < 4.78 is 0. The van der Waals surface area contributed by atoms with Gasteiger partial charge >= 0.3 is 12.0 Å². The lowest BCUT2D eigenvalue weighted by molar-refractivity contribution is -0.151. The van der Waals surface area contributed by atoms with Gasteiger partial charge in [-0.2, -0.15) is 0 Å². The first-order chi connectivity index (χ1) is 36.4. The normalized spacial score (nSPS) is 17.7. The van der Waals surface area contributed by atoms with Crippen LogP contribution in [0.4, 0.5) is 4.79 Å². The molecule has 0 radical (unpaired) electrons. The van der Waals surface area contributed by atoms with Gasteiger partial charge in [-0.05, 0) is 75.3 Å². The highest BCUT2D eigenvalue weighted by atomic mass is 16.4. The number of Topliss-reactive ketones (excluding diaryl/α,β-unsaturated/α-hetero) is 1. The highest BCUT2D eigenvalue weighted by molar-refractivity contribution is 5.96. The summed E-state index contributed by atoms with van der Waals surface area (Å²) >= 11 is 0. The zero-order chi connectivity index (χ0) is 55.3. The minimum atomic E-state index is -1.55. The van der Waals surface area contributed by atoms with Crippen molar-refractivity contribution in [2.75, 3.05) is 52.4 Å². The number of amides is 8. The minimum Gasteiger partial charge on any atom is -0.481 e. The van der Waals surface area contributed by atoms with Crippen LogP contribution in [0.25, 0.3) is 0 Å². The van der Waals surface area contributed by atoms with E-state index < -0.39 is 115 Å². The Morgan fingerprint density at radius 1 is 0.684 bits per heavy atom. The van der Waals surface area contributed by atoms with Gasteiger partial charge in [0.05, 0.1) is 31.7 Å². The molecule has 0 bridgehead atoms. The number of aliphatic carboxylic acids is 1. The summed E-state index contributed by atoms with van der Waals surface area (Å²) in [5.74, 6) is -8.28. The van der Waals surface area contributed by atoms with Crippen molar-refractivity contribution in [1.29, 1.82) is 0 Å². The Morgan fingerprint density at radius 3 is 1.87 bits per heavy atom. The van der Waals surface area contributed by atoms with Crippen molar-refractivity contribution >= 4 is 65.1 Å². The monoisotopic (exact) mass is 1060 g/mol. The van der Waals surface area contributed by atoms with Gasteiger partial charge in [0.1, 0.15) is 18.1 Å². The molecule has 3 aliphatic heterocycles. The van der Waals surface area contributed by atoms with Crippen LogP contribution in [0.1, 0.15) is 81.8 Å². The third-order valence-corrected chi connectivity index (χ3v) is 13.4. The third kappa shape index (κ3) is 17.4. The maximum atomic E-state index is 14.2. The van der Waals surface area contributed by atoms with Gasteiger partial charge < -0.3 is 59.3 Å². The summed E-state index contributed by atoms with van der Waals surface area (Å²) in [7, 11) is 0. The maximum absolute atomic E-state index is 14.2. The molecule has 6 atom stereocenters. The van der Waals surface area contributed by atoms with E-state index in [0.717, 1.165) is 5.01 Å². The number of carbonyl (C=O) groups excluding carboxylic acids is 8. The van der Waals surface area contributed by atoms with Crippen LogP contribution in [0.2, 0.25) is 0 Å². The summed E-state index contributed by atoms with van der Waals surface area (Å²) in [5.41, 5.74) is 31.6. The summed E-state index contributed by atoms with van der Waals surface area (Å²) in [6.45, 7) is -0.280. The lowest BCUT2D eigenvalue weighted by Crippen LogP contribution is -2.58. The first-order valence-electron chi connectivity index (χ1n) is 25.6. The number of nitrogens with zero attached hydrogens (tertiary/aromatic N) is 7. The second-order valence-corrected chi connectivity index (χ2v) is 19.0. The smallest absolute Gasteiger partial charge is 0.339 e. The first kappa shape index (κ1) is 59.0. The van der Waals surface area contributed by atoms with E-state index >= 15 is 0 Å². The fraction of sp³-hybridized carbons (Fsp3) is 0.540. The average molecular weight is 1060 g/mol. The van der Waals surface area contributed by atoms with Gasteiger partial charge in [-0.3, -0.25) is 53.8 Å². The van der Waals surface area contributed by atoms with Gasteiger partial charge in [0.15, 0.2) is 17.7 Å². The van der Waals surface area contributed by atoms with Crippen molar-refractivity contribution in [3.63, 3.8) is 0 Å². The van der Waals surface area contributed by atoms with E-state index in [4.69, 9.17) is 28.7 Å². The van der Waals surface area contributed by atoms with Crippen molar-refractivity contribution in [2.24, 2.45) is 50.5 Å². The van der Waals surface area contributed by atoms with E-state index in [1.54, 1.807) is 60.7 Å². The predicted octanol–water partition coefficient (Wildman–Crippen LogP) is -1.99. The largest absolute Gasteiger partial charge is 0.481 e. The number of carbonyl (C=O) groups is 9. The molecule has 0 aliphatic carbocycles. The Kier molecular flexibility index (Phi) is 22.7. The zero-order valence-electron chi connectivity index (χ0n) is 42.7. The second-order valence-electron chi connectivity index (χ2n) is 19.0. The molecule has 26 nitrogen and oxygen atoms in total.